The Morgan fingerprint density at radius 1 is 1.00 bits per heavy atom. The average molecular weight is 359 g/mol. The Morgan fingerprint density at radius 3 is 2.11 bits per heavy atom. The predicted octanol–water partition coefficient (Wildman–Crippen LogP) is 3.98. The van der Waals surface area contributed by atoms with E-state index in [1.165, 1.54) is 0 Å². The molecule has 0 saturated carbocycles. The Bertz CT molecular complexity index is 878. The number of hydrazone groups is 1. The topological polar surface area (TPSA) is 58.7 Å². The van der Waals surface area contributed by atoms with Crippen LogP contribution in [0.3, 0.4) is 0 Å². The van der Waals surface area contributed by atoms with Crippen molar-refractivity contribution in [3.8, 4) is 0 Å². The van der Waals surface area contributed by atoms with E-state index in [0.717, 1.165) is 41.8 Å². The Morgan fingerprint density at radius 2 is 1.59 bits per heavy atom. The van der Waals surface area contributed by atoms with Crippen LogP contribution in [0, 0.1) is 0 Å². The lowest BCUT2D eigenvalue weighted by Gasteiger charge is -2.36. The van der Waals surface area contributed by atoms with Crippen LogP contribution in [0.25, 0.3) is 5.57 Å². The quantitative estimate of drug-likeness (QED) is 0.482. The van der Waals surface area contributed by atoms with Crippen molar-refractivity contribution in [2.24, 2.45) is 10.9 Å². The smallest absolute Gasteiger partial charge is 0.152 e. The third-order valence-electron chi connectivity index (χ3n) is 5.01. The summed E-state index contributed by atoms with van der Waals surface area (Å²) in [5, 5.41) is 4.04. The van der Waals surface area contributed by atoms with E-state index in [0.29, 0.717) is 11.3 Å². The van der Waals surface area contributed by atoms with Crippen molar-refractivity contribution in [2.75, 3.05) is 13.1 Å². The number of nitrogens with zero attached hydrogens (tertiary/aromatic N) is 2. The first-order chi connectivity index (χ1) is 13.2. The highest BCUT2D eigenvalue weighted by atomic mass is 16.1. The maximum atomic E-state index is 11.9. The standard InChI is InChI=1S/C23H25N3O/c1-3-26(4-2)23-20(17-11-7-5-8-12-17)15-19(16-27)22(25-24)21(23)18-13-9-6-10-14-18/h5-16,21H,3-4,24H2,1-2H3. The number of allylic oxidation sites excluding steroid dienone is 4. The summed E-state index contributed by atoms with van der Waals surface area (Å²) in [6.07, 6.45) is 2.77. The molecular weight excluding hydrogens is 334 g/mol. The first kappa shape index (κ1) is 18.6. The molecule has 0 aromatic heterocycles. The molecule has 0 heterocycles. The highest BCUT2D eigenvalue weighted by molar-refractivity contribution is 6.22. The van der Waals surface area contributed by atoms with Crippen LogP contribution in [-0.4, -0.2) is 30.0 Å². The van der Waals surface area contributed by atoms with Gasteiger partial charge in [0.15, 0.2) is 6.29 Å². The van der Waals surface area contributed by atoms with Crippen molar-refractivity contribution in [2.45, 2.75) is 19.8 Å². The molecule has 27 heavy (non-hydrogen) atoms. The zero-order valence-corrected chi connectivity index (χ0v) is 15.8. The Kier molecular flexibility index (Phi) is 5.87. The van der Waals surface area contributed by atoms with E-state index in [4.69, 9.17) is 5.84 Å². The molecule has 0 aliphatic heterocycles. The zero-order chi connectivity index (χ0) is 19.2. The second-order valence-corrected chi connectivity index (χ2v) is 6.41. The van der Waals surface area contributed by atoms with Crippen molar-refractivity contribution >= 4 is 17.6 Å². The zero-order valence-electron chi connectivity index (χ0n) is 15.8. The summed E-state index contributed by atoms with van der Waals surface area (Å²) < 4.78 is 0. The molecule has 0 radical (unpaired) electrons. The first-order valence-corrected chi connectivity index (χ1v) is 9.29. The molecular formula is C23H25N3O. The number of carbonyl (C=O) groups is 1. The molecule has 1 aliphatic rings. The summed E-state index contributed by atoms with van der Waals surface area (Å²) in [5.74, 6) is 5.59. The third kappa shape index (κ3) is 3.56. The summed E-state index contributed by atoms with van der Waals surface area (Å²) in [4.78, 5) is 14.2. The van der Waals surface area contributed by atoms with Gasteiger partial charge in [0.2, 0.25) is 0 Å². The number of nitrogens with two attached hydrogens (primary N) is 1. The second-order valence-electron chi connectivity index (χ2n) is 6.41. The van der Waals surface area contributed by atoms with Crippen molar-refractivity contribution in [3.63, 3.8) is 0 Å². The minimum absolute atomic E-state index is 0.184. The maximum Gasteiger partial charge on any atom is 0.152 e. The van der Waals surface area contributed by atoms with Gasteiger partial charge in [0.1, 0.15) is 0 Å². The van der Waals surface area contributed by atoms with E-state index in [-0.39, 0.29) is 5.92 Å². The van der Waals surface area contributed by atoms with E-state index in [1.807, 2.05) is 42.5 Å². The van der Waals surface area contributed by atoms with Crippen LogP contribution < -0.4 is 5.84 Å². The first-order valence-electron chi connectivity index (χ1n) is 9.29. The van der Waals surface area contributed by atoms with Crippen LogP contribution in [0.5, 0.6) is 0 Å². The molecule has 2 aromatic rings. The summed E-state index contributed by atoms with van der Waals surface area (Å²) >= 11 is 0. The maximum absolute atomic E-state index is 11.9. The van der Waals surface area contributed by atoms with Crippen LogP contribution in [0.15, 0.2) is 83.1 Å². The van der Waals surface area contributed by atoms with Gasteiger partial charge < -0.3 is 10.7 Å². The lowest BCUT2D eigenvalue weighted by molar-refractivity contribution is -0.104. The monoisotopic (exact) mass is 359 g/mol. The summed E-state index contributed by atoms with van der Waals surface area (Å²) in [5.41, 5.74) is 5.47. The average Bonchev–Trinajstić information content (AvgIpc) is 2.75. The fourth-order valence-corrected chi connectivity index (χ4v) is 3.73. The van der Waals surface area contributed by atoms with Gasteiger partial charge >= 0.3 is 0 Å². The van der Waals surface area contributed by atoms with Crippen LogP contribution in [0.4, 0.5) is 0 Å². The van der Waals surface area contributed by atoms with Gasteiger partial charge in [0.05, 0.1) is 11.6 Å². The van der Waals surface area contributed by atoms with E-state index >= 15 is 0 Å². The predicted molar refractivity (Wildman–Crippen MR) is 111 cm³/mol. The van der Waals surface area contributed by atoms with Gasteiger partial charge in [0.25, 0.3) is 0 Å². The molecule has 0 fully saturated rings. The molecule has 0 amide bonds. The number of likely N-dealkylation sites (N-methyl/N-ethyl adjacent to an activating group) is 1. The minimum Gasteiger partial charge on any atom is -0.374 e. The SMILES string of the molecule is CCN(CC)C1=C(c2ccccc2)C=C(C=O)C(=NN)C1c1ccccc1. The summed E-state index contributed by atoms with van der Waals surface area (Å²) in [6.45, 7) is 5.99. The van der Waals surface area contributed by atoms with Gasteiger partial charge in [0, 0.05) is 29.9 Å². The molecule has 3 rings (SSSR count). The number of benzene rings is 2. The normalized spacial score (nSPS) is 18.4. The Hall–Kier alpha value is -3.14. The second kappa shape index (κ2) is 8.49. The van der Waals surface area contributed by atoms with Crippen molar-refractivity contribution < 1.29 is 4.79 Å². The number of aldehydes is 1. The number of rotatable bonds is 6. The lowest BCUT2D eigenvalue weighted by Crippen LogP contribution is -2.34. The van der Waals surface area contributed by atoms with Gasteiger partial charge in [-0.15, -0.1) is 0 Å². The molecule has 4 heteroatoms. The van der Waals surface area contributed by atoms with Gasteiger partial charge in [-0.2, -0.15) is 5.10 Å². The molecule has 2 aromatic carbocycles. The van der Waals surface area contributed by atoms with Gasteiger partial charge in [-0.3, -0.25) is 4.79 Å². The van der Waals surface area contributed by atoms with Crippen LogP contribution in [0.1, 0.15) is 30.9 Å². The van der Waals surface area contributed by atoms with E-state index in [9.17, 15) is 4.79 Å². The van der Waals surface area contributed by atoms with Crippen molar-refractivity contribution in [3.05, 3.63) is 89.1 Å². The number of hydrogen-bond donors (Lipinski definition) is 1. The van der Waals surface area contributed by atoms with Crippen LogP contribution >= 0.6 is 0 Å². The van der Waals surface area contributed by atoms with Gasteiger partial charge in [-0.05, 0) is 31.1 Å². The van der Waals surface area contributed by atoms with E-state index < -0.39 is 0 Å². The summed E-state index contributed by atoms with van der Waals surface area (Å²) in [7, 11) is 0. The van der Waals surface area contributed by atoms with Gasteiger partial charge in [-0.25, -0.2) is 0 Å². The van der Waals surface area contributed by atoms with Crippen LogP contribution in [0.2, 0.25) is 0 Å². The lowest BCUT2D eigenvalue weighted by atomic mass is 9.78. The fraction of sp³-hybridized carbons (Fsp3) is 0.217. The molecule has 0 spiro atoms. The van der Waals surface area contributed by atoms with E-state index in [1.54, 1.807) is 0 Å². The highest BCUT2D eigenvalue weighted by Gasteiger charge is 2.34. The summed E-state index contributed by atoms with van der Waals surface area (Å²) in [6, 6.07) is 20.3. The van der Waals surface area contributed by atoms with Crippen LogP contribution in [-0.2, 0) is 4.79 Å². The van der Waals surface area contributed by atoms with E-state index in [2.05, 4.69) is 48.1 Å². The minimum atomic E-state index is -0.184. The fourth-order valence-electron chi connectivity index (χ4n) is 3.73. The van der Waals surface area contributed by atoms with Crippen molar-refractivity contribution in [1.82, 2.24) is 4.90 Å². The Balaban J connectivity index is 2.35. The molecule has 138 valence electrons. The Labute approximate surface area is 160 Å². The number of carbonyl (C=O) groups excluding carboxylic acids is 1. The molecule has 2 N–H and O–H groups in total. The molecule has 1 unspecified atom stereocenters. The van der Waals surface area contributed by atoms with Crippen molar-refractivity contribution in [1.29, 1.82) is 0 Å². The van der Waals surface area contributed by atoms with Gasteiger partial charge in [-0.1, -0.05) is 60.7 Å². The third-order valence-corrected chi connectivity index (χ3v) is 5.01. The molecule has 1 aliphatic carbocycles. The number of hydrogen-bond acceptors (Lipinski definition) is 4. The molecule has 1 atom stereocenters. The molecule has 0 saturated heterocycles. The molecule has 0 bridgehead atoms. The molecule has 4 nitrogen and oxygen atoms in total. The largest absolute Gasteiger partial charge is 0.374 e. The highest BCUT2D eigenvalue weighted by Crippen LogP contribution is 2.40.